The van der Waals surface area contributed by atoms with Crippen molar-refractivity contribution in [3.8, 4) is 0 Å². The van der Waals surface area contributed by atoms with E-state index in [1.54, 1.807) is 6.07 Å². The van der Waals surface area contributed by atoms with Crippen molar-refractivity contribution < 1.29 is 13.2 Å². The summed E-state index contributed by atoms with van der Waals surface area (Å²) in [6, 6.07) is 2.92. The van der Waals surface area contributed by atoms with Crippen LogP contribution in [0.4, 0.5) is 5.69 Å². The molecule has 1 heterocycles. The van der Waals surface area contributed by atoms with Gasteiger partial charge in [0.25, 0.3) is 0 Å². The first-order valence-electron chi connectivity index (χ1n) is 6.45. The summed E-state index contributed by atoms with van der Waals surface area (Å²) in [7, 11) is -3.61. The van der Waals surface area contributed by atoms with Crippen LogP contribution in [0.5, 0.6) is 0 Å². The van der Waals surface area contributed by atoms with Crippen molar-refractivity contribution in [2.75, 3.05) is 12.3 Å². The lowest BCUT2D eigenvalue weighted by molar-refractivity contribution is -0.119. The summed E-state index contributed by atoms with van der Waals surface area (Å²) in [6.45, 7) is 3.87. The van der Waals surface area contributed by atoms with E-state index in [2.05, 4.69) is 10.0 Å². The first-order valence-corrected chi connectivity index (χ1v) is 7.93. The van der Waals surface area contributed by atoms with Gasteiger partial charge in [-0.3, -0.25) is 4.79 Å². The minimum atomic E-state index is -3.61. The number of anilines is 1. The largest absolute Gasteiger partial charge is 0.398 e. The number of amides is 1. The fourth-order valence-electron chi connectivity index (χ4n) is 2.13. The molecular weight excluding hydrogens is 278 g/mol. The molecule has 4 N–H and O–H groups in total. The normalized spacial score (nSPS) is 19.1. The molecule has 0 saturated carbocycles. The minimum Gasteiger partial charge on any atom is -0.398 e. The maximum absolute atomic E-state index is 12.2. The molecule has 1 aliphatic rings. The number of hydrogen-bond acceptors (Lipinski definition) is 4. The number of sulfonamides is 1. The first-order chi connectivity index (χ1) is 9.29. The number of nitrogens with two attached hydrogens (primary N) is 1. The Morgan fingerprint density at radius 1 is 1.40 bits per heavy atom. The fraction of sp³-hybridized carbons (Fsp3) is 0.462. The van der Waals surface area contributed by atoms with Gasteiger partial charge in [0.1, 0.15) is 0 Å². The summed E-state index contributed by atoms with van der Waals surface area (Å²) in [6.07, 6.45) is 1.10. The van der Waals surface area contributed by atoms with E-state index < -0.39 is 10.0 Å². The van der Waals surface area contributed by atoms with Crippen LogP contribution in [0.15, 0.2) is 17.0 Å². The van der Waals surface area contributed by atoms with E-state index in [0.717, 1.165) is 11.1 Å². The quantitative estimate of drug-likeness (QED) is 0.702. The third-order valence-corrected chi connectivity index (χ3v) is 5.00. The summed E-state index contributed by atoms with van der Waals surface area (Å²) in [5, 5.41) is 2.72. The van der Waals surface area contributed by atoms with Gasteiger partial charge in [0, 0.05) is 24.7 Å². The lowest BCUT2D eigenvalue weighted by atomic mass is 10.1. The van der Waals surface area contributed by atoms with E-state index in [4.69, 9.17) is 5.73 Å². The second-order valence-corrected chi connectivity index (χ2v) is 6.88. The van der Waals surface area contributed by atoms with Gasteiger partial charge < -0.3 is 11.1 Å². The summed E-state index contributed by atoms with van der Waals surface area (Å²) in [4.78, 5) is 11.2. The number of benzene rings is 1. The number of carbonyl (C=O) groups excluding carboxylic acids is 1. The highest BCUT2D eigenvalue weighted by atomic mass is 32.2. The molecule has 20 heavy (non-hydrogen) atoms. The standard InChI is InChI=1S/C13H19N3O3S/c1-8-5-11(6-12(14)9(8)2)20(18,19)15-7-10-3-4-13(17)16-10/h5-6,10,15H,3-4,7,14H2,1-2H3,(H,16,17). The summed E-state index contributed by atoms with van der Waals surface area (Å²) in [5.74, 6) is -0.0374. The Hall–Kier alpha value is -1.60. The Morgan fingerprint density at radius 3 is 2.65 bits per heavy atom. The molecule has 1 aromatic rings. The van der Waals surface area contributed by atoms with Crippen molar-refractivity contribution in [1.29, 1.82) is 0 Å². The van der Waals surface area contributed by atoms with E-state index in [1.807, 2.05) is 13.8 Å². The lowest BCUT2D eigenvalue weighted by Gasteiger charge is -2.13. The van der Waals surface area contributed by atoms with Crippen LogP contribution >= 0.6 is 0 Å². The van der Waals surface area contributed by atoms with E-state index in [0.29, 0.717) is 18.5 Å². The number of rotatable bonds is 4. The maximum Gasteiger partial charge on any atom is 0.240 e. The molecule has 1 atom stereocenters. The summed E-state index contributed by atoms with van der Waals surface area (Å²) >= 11 is 0. The molecular formula is C13H19N3O3S. The SMILES string of the molecule is Cc1cc(S(=O)(=O)NCC2CCC(=O)N2)cc(N)c1C. The second kappa shape index (κ2) is 5.41. The molecule has 1 unspecified atom stereocenters. The highest BCUT2D eigenvalue weighted by Crippen LogP contribution is 2.21. The molecule has 0 spiro atoms. The van der Waals surface area contributed by atoms with Crippen molar-refractivity contribution in [3.63, 3.8) is 0 Å². The Kier molecular flexibility index (Phi) is 4.01. The smallest absolute Gasteiger partial charge is 0.240 e. The average molecular weight is 297 g/mol. The van der Waals surface area contributed by atoms with Crippen molar-refractivity contribution >= 4 is 21.6 Å². The fourth-order valence-corrected chi connectivity index (χ4v) is 3.33. The Balaban J connectivity index is 2.12. The number of carbonyl (C=O) groups is 1. The number of hydrogen-bond donors (Lipinski definition) is 3. The predicted molar refractivity (Wildman–Crippen MR) is 76.7 cm³/mol. The zero-order valence-corrected chi connectivity index (χ0v) is 12.4. The number of nitrogens with one attached hydrogen (secondary N) is 2. The molecule has 2 rings (SSSR count). The second-order valence-electron chi connectivity index (χ2n) is 5.11. The van der Waals surface area contributed by atoms with Crippen LogP contribution in [0.25, 0.3) is 0 Å². The van der Waals surface area contributed by atoms with Gasteiger partial charge in [0.2, 0.25) is 15.9 Å². The predicted octanol–water partition coefficient (Wildman–Crippen LogP) is 0.443. The molecule has 0 radical (unpaired) electrons. The van der Waals surface area contributed by atoms with Crippen molar-refractivity contribution in [2.45, 2.75) is 37.6 Å². The molecule has 0 bridgehead atoms. The van der Waals surface area contributed by atoms with Gasteiger partial charge in [-0.15, -0.1) is 0 Å². The molecule has 1 amide bonds. The Morgan fingerprint density at radius 2 is 2.10 bits per heavy atom. The summed E-state index contributed by atoms with van der Waals surface area (Å²) < 4.78 is 26.9. The number of nitrogen functional groups attached to an aromatic ring is 1. The van der Waals surface area contributed by atoms with Crippen LogP contribution in [-0.4, -0.2) is 26.9 Å². The van der Waals surface area contributed by atoms with Crippen LogP contribution in [0.1, 0.15) is 24.0 Å². The molecule has 7 heteroatoms. The van der Waals surface area contributed by atoms with Gasteiger partial charge in [0.05, 0.1) is 4.90 Å². The lowest BCUT2D eigenvalue weighted by Crippen LogP contribution is -2.38. The van der Waals surface area contributed by atoms with E-state index in [1.165, 1.54) is 6.07 Å². The van der Waals surface area contributed by atoms with E-state index >= 15 is 0 Å². The zero-order valence-electron chi connectivity index (χ0n) is 11.6. The van der Waals surface area contributed by atoms with Gasteiger partial charge >= 0.3 is 0 Å². The van der Waals surface area contributed by atoms with Crippen LogP contribution in [0, 0.1) is 13.8 Å². The van der Waals surface area contributed by atoms with Gasteiger partial charge in [-0.25, -0.2) is 13.1 Å². The minimum absolute atomic E-state index is 0.0374. The average Bonchev–Trinajstić information content (AvgIpc) is 2.79. The highest BCUT2D eigenvalue weighted by Gasteiger charge is 2.23. The topological polar surface area (TPSA) is 101 Å². The van der Waals surface area contributed by atoms with E-state index in [-0.39, 0.29) is 23.4 Å². The summed E-state index contributed by atoms with van der Waals surface area (Å²) in [5.41, 5.74) is 7.98. The third-order valence-electron chi connectivity index (χ3n) is 3.60. The molecule has 1 fully saturated rings. The van der Waals surface area contributed by atoms with Crippen molar-refractivity contribution in [3.05, 3.63) is 23.3 Å². The Labute approximate surface area is 118 Å². The molecule has 1 aromatic carbocycles. The van der Waals surface area contributed by atoms with Gasteiger partial charge in [-0.2, -0.15) is 0 Å². The van der Waals surface area contributed by atoms with E-state index in [9.17, 15) is 13.2 Å². The molecule has 1 saturated heterocycles. The zero-order chi connectivity index (χ0) is 14.9. The van der Waals surface area contributed by atoms with Gasteiger partial charge in [-0.1, -0.05) is 0 Å². The van der Waals surface area contributed by atoms with Gasteiger partial charge in [0.15, 0.2) is 0 Å². The van der Waals surface area contributed by atoms with Crippen molar-refractivity contribution in [2.24, 2.45) is 0 Å². The molecule has 0 aliphatic carbocycles. The highest BCUT2D eigenvalue weighted by molar-refractivity contribution is 7.89. The first kappa shape index (κ1) is 14.8. The molecule has 6 nitrogen and oxygen atoms in total. The Bertz CT molecular complexity index is 617. The van der Waals surface area contributed by atoms with Crippen LogP contribution in [0.2, 0.25) is 0 Å². The van der Waals surface area contributed by atoms with Crippen LogP contribution in [0.3, 0.4) is 0 Å². The van der Waals surface area contributed by atoms with Crippen molar-refractivity contribution in [1.82, 2.24) is 10.0 Å². The molecule has 1 aliphatic heterocycles. The van der Waals surface area contributed by atoms with Crippen LogP contribution < -0.4 is 15.8 Å². The van der Waals surface area contributed by atoms with Crippen LogP contribution in [-0.2, 0) is 14.8 Å². The maximum atomic E-state index is 12.2. The monoisotopic (exact) mass is 297 g/mol. The van der Waals surface area contributed by atoms with Gasteiger partial charge in [-0.05, 0) is 43.5 Å². The third kappa shape index (κ3) is 3.10. The molecule has 0 aromatic heterocycles. The number of aryl methyl sites for hydroxylation is 1. The molecule has 110 valence electrons.